The highest BCUT2D eigenvalue weighted by atomic mass is 19.4. The zero-order valence-electron chi connectivity index (χ0n) is 9.53. The van der Waals surface area contributed by atoms with E-state index in [1.807, 2.05) is 0 Å². The van der Waals surface area contributed by atoms with Crippen LogP contribution < -0.4 is 0 Å². The van der Waals surface area contributed by atoms with Gasteiger partial charge in [0.1, 0.15) is 11.3 Å². The van der Waals surface area contributed by atoms with E-state index < -0.39 is 22.4 Å². The predicted molar refractivity (Wildman–Crippen MR) is 58.4 cm³/mol. The first-order valence-corrected chi connectivity index (χ1v) is 5.06. The Balaban J connectivity index is 2.57. The Morgan fingerprint density at radius 1 is 1.35 bits per heavy atom. The van der Waals surface area contributed by atoms with E-state index in [0.29, 0.717) is 12.4 Å². The summed E-state index contributed by atoms with van der Waals surface area (Å²) in [5.41, 5.74) is -2.62. The maximum Gasteiger partial charge on any atom is 0.423 e. The fourth-order valence-corrected chi connectivity index (χ4v) is 1.51. The SMILES string of the molecule is O=Cc1cn(-c2ccc([N+](=O)[O-])c(C(F)(F)F)c2)nn1. The Labute approximate surface area is 108 Å². The van der Waals surface area contributed by atoms with Gasteiger partial charge in [-0.05, 0) is 12.1 Å². The first-order chi connectivity index (χ1) is 9.32. The van der Waals surface area contributed by atoms with Crippen LogP contribution in [0.4, 0.5) is 18.9 Å². The fourth-order valence-electron chi connectivity index (χ4n) is 1.51. The number of nitrogens with zero attached hydrogens (tertiary/aromatic N) is 4. The summed E-state index contributed by atoms with van der Waals surface area (Å²) in [5, 5.41) is 17.4. The van der Waals surface area contributed by atoms with Gasteiger partial charge in [0, 0.05) is 6.07 Å². The van der Waals surface area contributed by atoms with E-state index in [9.17, 15) is 28.1 Å². The molecule has 0 unspecified atom stereocenters. The Kier molecular flexibility index (Phi) is 3.22. The second-order valence-electron chi connectivity index (χ2n) is 3.66. The minimum Gasteiger partial charge on any atom is -0.296 e. The summed E-state index contributed by atoms with van der Waals surface area (Å²) < 4.78 is 39.2. The fraction of sp³-hybridized carbons (Fsp3) is 0.100. The van der Waals surface area contributed by atoms with E-state index in [4.69, 9.17) is 0 Å². The number of rotatable bonds is 3. The minimum absolute atomic E-state index is 0.0723. The lowest BCUT2D eigenvalue weighted by Crippen LogP contribution is -2.10. The molecule has 104 valence electrons. The first kappa shape index (κ1) is 13.6. The summed E-state index contributed by atoms with van der Waals surface area (Å²) in [6, 6.07) is 2.37. The molecule has 0 spiro atoms. The zero-order valence-corrected chi connectivity index (χ0v) is 9.53. The van der Waals surface area contributed by atoms with Gasteiger partial charge < -0.3 is 0 Å². The third-order valence-electron chi connectivity index (χ3n) is 2.38. The van der Waals surface area contributed by atoms with E-state index >= 15 is 0 Å². The van der Waals surface area contributed by atoms with E-state index in [1.54, 1.807) is 0 Å². The molecule has 2 rings (SSSR count). The molecular formula is C10H5F3N4O3. The number of aromatic nitrogens is 3. The highest BCUT2D eigenvalue weighted by Gasteiger charge is 2.38. The van der Waals surface area contributed by atoms with Gasteiger partial charge in [0.25, 0.3) is 5.69 Å². The van der Waals surface area contributed by atoms with Crippen LogP contribution in [0.25, 0.3) is 5.69 Å². The van der Waals surface area contributed by atoms with Crippen LogP contribution in [0.1, 0.15) is 16.1 Å². The number of aldehydes is 1. The van der Waals surface area contributed by atoms with Crippen LogP contribution in [-0.4, -0.2) is 26.2 Å². The smallest absolute Gasteiger partial charge is 0.296 e. The number of hydrogen-bond donors (Lipinski definition) is 0. The molecule has 1 aromatic carbocycles. The number of carbonyl (C=O) groups is 1. The van der Waals surface area contributed by atoms with Crippen molar-refractivity contribution >= 4 is 12.0 Å². The van der Waals surface area contributed by atoms with Crippen molar-refractivity contribution in [3.8, 4) is 5.69 Å². The summed E-state index contributed by atoms with van der Waals surface area (Å²) in [6.45, 7) is 0. The van der Waals surface area contributed by atoms with Crippen LogP contribution in [0.15, 0.2) is 24.4 Å². The highest BCUT2D eigenvalue weighted by molar-refractivity contribution is 5.70. The van der Waals surface area contributed by atoms with Gasteiger partial charge in [-0.3, -0.25) is 14.9 Å². The maximum absolute atomic E-state index is 12.8. The number of carbonyl (C=O) groups excluding carboxylic acids is 1. The molecular weight excluding hydrogens is 281 g/mol. The highest BCUT2D eigenvalue weighted by Crippen LogP contribution is 2.37. The molecule has 0 aliphatic carbocycles. The van der Waals surface area contributed by atoms with Gasteiger partial charge in [-0.1, -0.05) is 5.21 Å². The summed E-state index contributed by atoms with van der Waals surface area (Å²) in [5.74, 6) is 0. The average molecular weight is 286 g/mol. The van der Waals surface area contributed by atoms with Crippen LogP contribution >= 0.6 is 0 Å². The van der Waals surface area contributed by atoms with Crippen LogP contribution in [-0.2, 0) is 6.18 Å². The van der Waals surface area contributed by atoms with Crippen molar-refractivity contribution in [2.75, 3.05) is 0 Å². The van der Waals surface area contributed by atoms with Gasteiger partial charge in [-0.25, -0.2) is 4.68 Å². The molecule has 0 saturated carbocycles. The molecule has 0 bridgehead atoms. The third kappa shape index (κ3) is 2.48. The molecule has 2 aromatic rings. The Morgan fingerprint density at radius 3 is 2.55 bits per heavy atom. The molecule has 20 heavy (non-hydrogen) atoms. The summed E-state index contributed by atoms with van der Waals surface area (Å²) in [7, 11) is 0. The maximum atomic E-state index is 12.8. The van der Waals surface area contributed by atoms with Crippen molar-refractivity contribution in [1.29, 1.82) is 0 Å². The van der Waals surface area contributed by atoms with Crippen molar-refractivity contribution in [2.45, 2.75) is 6.18 Å². The molecule has 0 saturated heterocycles. The number of hydrogen-bond acceptors (Lipinski definition) is 5. The predicted octanol–water partition coefficient (Wildman–Crippen LogP) is 2.01. The molecule has 7 nitrogen and oxygen atoms in total. The van der Waals surface area contributed by atoms with E-state index in [-0.39, 0.29) is 11.4 Å². The first-order valence-electron chi connectivity index (χ1n) is 5.06. The van der Waals surface area contributed by atoms with E-state index in [2.05, 4.69) is 10.3 Å². The van der Waals surface area contributed by atoms with Crippen molar-refractivity contribution in [3.05, 3.63) is 45.8 Å². The molecule has 0 N–H and O–H groups in total. The number of benzene rings is 1. The summed E-state index contributed by atoms with van der Waals surface area (Å²) in [4.78, 5) is 19.9. The second-order valence-corrected chi connectivity index (χ2v) is 3.66. The van der Waals surface area contributed by atoms with Gasteiger partial charge in [0.15, 0.2) is 6.29 Å². The topological polar surface area (TPSA) is 90.9 Å². The van der Waals surface area contributed by atoms with E-state index in [1.165, 1.54) is 0 Å². The van der Waals surface area contributed by atoms with Gasteiger partial charge in [-0.2, -0.15) is 13.2 Å². The number of nitro benzene ring substituents is 1. The number of alkyl halides is 3. The quantitative estimate of drug-likeness (QED) is 0.489. The average Bonchev–Trinajstić information content (AvgIpc) is 2.85. The van der Waals surface area contributed by atoms with Crippen LogP contribution in [0.2, 0.25) is 0 Å². The van der Waals surface area contributed by atoms with Gasteiger partial charge >= 0.3 is 6.18 Å². The van der Waals surface area contributed by atoms with Crippen LogP contribution in [0.3, 0.4) is 0 Å². The minimum atomic E-state index is -4.88. The molecule has 0 aliphatic rings. The Morgan fingerprint density at radius 2 is 2.05 bits per heavy atom. The van der Waals surface area contributed by atoms with Crippen LogP contribution in [0, 0.1) is 10.1 Å². The molecule has 0 atom stereocenters. The van der Waals surface area contributed by atoms with Crippen molar-refractivity contribution in [2.24, 2.45) is 0 Å². The molecule has 10 heteroatoms. The van der Waals surface area contributed by atoms with E-state index in [0.717, 1.165) is 23.0 Å². The number of nitro groups is 1. The zero-order chi connectivity index (χ0) is 14.9. The molecule has 0 radical (unpaired) electrons. The Bertz CT molecular complexity index is 681. The molecule has 0 amide bonds. The lowest BCUT2D eigenvalue weighted by Gasteiger charge is -2.09. The largest absolute Gasteiger partial charge is 0.423 e. The number of halogens is 3. The van der Waals surface area contributed by atoms with Crippen LogP contribution in [0.5, 0.6) is 0 Å². The van der Waals surface area contributed by atoms with Crippen molar-refractivity contribution in [3.63, 3.8) is 0 Å². The monoisotopic (exact) mass is 286 g/mol. The van der Waals surface area contributed by atoms with Crippen molar-refractivity contribution in [1.82, 2.24) is 15.0 Å². The molecule has 1 aromatic heterocycles. The standard InChI is InChI=1S/C10H5F3N4O3/c11-10(12,13)8-3-7(1-2-9(8)17(19)20)16-4-6(5-18)14-15-16/h1-5H. The summed E-state index contributed by atoms with van der Waals surface area (Å²) >= 11 is 0. The third-order valence-corrected chi connectivity index (χ3v) is 2.38. The lowest BCUT2D eigenvalue weighted by atomic mass is 10.1. The Hall–Kier alpha value is -2.78. The normalized spacial score (nSPS) is 11.3. The van der Waals surface area contributed by atoms with Gasteiger partial charge in [0.05, 0.1) is 16.8 Å². The van der Waals surface area contributed by atoms with Gasteiger partial charge in [-0.15, -0.1) is 5.10 Å². The van der Waals surface area contributed by atoms with Crippen molar-refractivity contribution < 1.29 is 22.9 Å². The second kappa shape index (κ2) is 4.72. The molecule has 1 heterocycles. The summed E-state index contributed by atoms with van der Waals surface area (Å²) in [6.07, 6.45) is -3.40. The molecule has 0 fully saturated rings. The van der Waals surface area contributed by atoms with Gasteiger partial charge in [0.2, 0.25) is 0 Å². The molecule has 0 aliphatic heterocycles. The lowest BCUT2D eigenvalue weighted by molar-refractivity contribution is -0.388.